The van der Waals surface area contributed by atoms with Crippen molar-refractivity contribution in [3.8, 4) is 0 Å². The van der Waals surface area contributed by atoms with E-state index in [0.717, 1.165) is 50.7 Å². The van der Waals surface area contributed by atoms with Crippen LogP contribution in [0.5, 0.6) is 0 Å². The number of furan rings is 1. The molecule has 0 aromatic carbocycles. The van der Waals surface area contributed by atoms with E-state index in [-0.39, 0.29) is 12.1 Å². The smallest absolute Gasteiger partial charge is 0.122 e. The van der Waals surface area contributed by atoms with Crippen LogP contribution in [0.15, 0.2) is 16.5 Å². The fraction of sp³-hybridized carbons (Fsp3) is 0.733. The first-order chi connectivity index (χ1) is 9.15. The third kappa shape index (κ3) is 3.38. The van der Waals surface area contributed by atoms with Gasteiger partial charge in [-0.2, -0.15) is 0 Å². The first-order valence-corrected chi connectivity index (χ1v) is 7.44. The number of hydrogen-bond donors (Lipinski definition) is 1. The van der Waals surface area contributed by atoms with Crippen molar-refractivity contribution >= 4 is 0 Å². The number of nitrogens with two attached hydrogens (primary N) is 1. The Hall–Kier alpha value is -0.840. The Balaban J connectivity index is 2.10. The van der Waals surface area contributed by atoms with Gasteiger partial charge in [-0.1, -0.05) is 13.8 Å². The van der Waals surface area contributed by atoms with Gasteiger partial charge in [-0.3, -0.25) is 4.90 Å². The highest BCUT2D eigenvalue weighted by Crippen LogP contribution is 2.27. The lowest BCUT2D eigenvalue weighted by molar-refractivity contribution is 0.0758. The van der Waals surface area contributed by atoms with Gasteiger partial charge in [-0.15, -0.1) is 0 Å². The van der Waals surface area contributed by atoms with E-state index < -0.39 is 0 Å². The minimum atomic E-state index is 0.138. The van der Waals surface area contributed by atoms with Gasteiger partial charge < -0.3 is 15.1 Å². The summed E-state index contributed by atoms with van der Waals surface area (Å²) in [6.45, 7) is 11.9. The van der Waals surface area contributed by atoms with Crippen LogP contribution in [-0.4, -0.2) is 48.6 Å². The molecule has 4 nitrogen and oxygen atoms in total. The first kappa shape index (κ1) is 14.6. The minimum absolute atomic E-state index is 0.138. The van der Waals surface area contributed by atoms with E-state index >= 15 is 0 Å². The fourth-order valence-corrected chi connectivity index (χ4v) is 2.86. The average Bonchev–Trinajstić information content (AvgIpc) is 2.86. The Morgan fingerprint density at radius 2 is 1.89 bits per heavy atom. The summed E-state index contributed by atoms with van der Waals surface area (Å²) < 4.78 is 5.84. The molecule has 2 N–H and O–H groups in total. The zero-order valence-electron chi connectivity index (χ0n) is 12.4. The maximum Gasteiger partial charge on any atom is 0.122 e. The summed E-state index contributed by atoms with van der Waals surface area (Å²) in [6, 6.07) is 4.48. The molecule has 1 saturated heterocycles. The van der Waals surface area contributed by atoms with Gasteiger partial charge in [0.15, 0.2) is 0 Å². The number of hydrogen-bond acceptors (Lipinski definition) is 4. The maximum atomic E-state index is 6.34. The van der Waals surface area contributed by atoms with Crippen LogP contribution < -0.4 is 5.73 Å². The SMILES string of the molecule is CCC(N)C(c1ccc(C)o1)N1CCN(CC)CC1. The standard InChI is InChI=1S/C15H27N3O/c1-4-13(16)15(14-7-6-12(3)19-14)18-10-8-17(5-2)9-11-18/h6-7,13,15H,4-5,8-11,16H2,1-3H3. The van der Waals surface area contributed by atoms with E-state index in [0.29, 0.717) is 0 Å². The molecule has 108 valence electrons. The number of rotatable bonds is 5. The molecule has 0 spiro atoms. The Morgan fingerprint density at radius 1 is 1.21 bits per heavy atom. The van der Waals surface area contributed by atoms with Crippen LogP contribution in [0.3, 0.4) is 0 Å². The lowest BCUT2D eigenvalue weighted by Gasteiger charge is -2.40. The molecule has 1 aromatic heterocycles. The van der Waals surface area contributed by atoms with Crippen molar-refractivity contribution in [1.29, 1.82) is 0 Å². The fourth-order valence-electron chi connectivity index (χ4n) is 2.86. The molecule has 2 heterocycles. The first-order valence-electron chi connectivity index (χ1n) is 7.44. The molecular formula is C15H27N3O. The van der Waals surface area contributed by atoms with Crippen molar-refractivity contribution in [1.82, 2.24) is 9.80 Å². The second kappa shape index (κ2) is 6.55. The van der Waals surface area contributed by atoms with Crippen molar-refractivity contribution < 1.29 is 4.42 Å². The van der Waals surface area contributed by atoms with E-state index in [9.17, 15) is 0 Å². The molecule has 0 saturated carbocycles. The molecule has 2 unspecified atom stereocenters. The highest BCUT2D eigenvalue weighted by molar-refractivity contribution is 5.12. The Bertz CT molecular complexity index is 382. The summed E-state index contributed by atoms with van der Waals surface area (Å²) in [4.78, 5) is 4.97. The highest BCUT2D eigenvalue weighted by Gasteiger charge is 2.30. The number of aryl methyl sites for hydroxylation is 1. The molecule has 0 amide bonds. The Labute approximate surface area is 116 Å². The van der Waals surface area contributed by atoms with Crippen molar-refractivity contribution in [2.45, 2.75) is 39.3 Å². The van der Waals surface area contributed by atoms with E-state index in [2.05, 4.69) is 29.7 Å². The number of nitrogens with zero attached hydrogens (tertiary/aromatic N) is 2. The molecule has 1 aliphatic heterocycles. The zero-order chi connectivity index (χ0) is 13.8. The molecule has 1 fully saturated rings. The number of likely N-dealkylation sites (N-methyl/N-ethyl adjacent to an activating group) is 1. The summed E-state index contributed by atoms with van der Waals surface area (Å²) in [5.41, 5.74) is 6.34. The Kier molecular flexibility index (Phi) is 5.02. The zero-order valence-corrected chi connectivity index (χ0v) is 12.4. The molecular weight excluding hydrogens is 238 g/mol. The van der Waals surface area contributed by atoms with Gasteiger partial charge in [0.25, 0.3) is 0 Å². The van der Waals surface area contributed by atoms with Crippen LogP contribution in [0.1, 0.15) is 37.8 Å². The Morgan fingerprint density at radius 3 is 2.37 bits per heavy atom. The summed E-state index contributed by atoms with van der Waals surface area (Å²) in [5, 5.41) is 0. The van der Waals surface area contributed by atoms with Gasteiger partial charge in [-0.25, -0.2) is 0 Å². The third-order valence-electron chi connectivity index (χ3n) is 4.18. The van der Waals surface area contributed by atoms with Crippen molar-refractivity contribution in [2.75, 3.05) is 32.7 Å². The van der Waals surface area contributed by atoms with Crippen LogP contribution in [0.2, 0.25) is 0 Å². The molecule has 19 heavy (non-hydrogen) atoms. The summed E-state index contributed by atoms with van der Waals surface area (Å²) in [7, 11) is 0. The van der Waals surface area contributed by atoms with Crippen LogP contribution in [0.25, 0.3) is 0 Å². The van der Waals surface area contributed by atoms with Gasteiger partial charge in [0, 0.05) is 32.2 Å². The summed E-state index contributed by atoms with van der Waals surface area (Å²) in [5.74, 6) is 1.99. The minimum Gasteiger partial charge on any atom is -0.465 e. The van der Waals surface area contributed by atoms with E-state index in [1.165, 1.54) is 0 Å². The monoisotopic (exact) mass is 265 g/mol. The maximum absolute atomic E-state index is 6.34. The van der Waals surface area contributed by atoms with Crippen LogP contribution in [0, 0.1) is 6.92 Å². The van der Waals surface area contributed by atoms with Crippen LogP contribution >= 0.6 is 0 Å². The molecule has 0 bridgehead atoms. The van der Waals surface area contributed by atoms with Crippen molar-refractivity contribution in [3.05, 3.63) is 23.7 Å². The predicted octanol–water partition coefficient (Wildman–Crippen LogP) is 2.00. The summed E-state index contributed by atoms with van der Waals surface area (Å²) in [6.07, 6.45) is 0.971. The second-order valence-electron chi connectivity index (χ2n) is 5.44. The van der Waals surface area contributed by atoms with Crippen LogP contribution in [-0.2, 0) is 0 Å². The normalized spacial score (nSPS) is 21.5. The van der Waals surface area contributed by atoms with Gasteiger partial charge in [0.05, 0.1) is 6.04 Å². The van der Waals surface area contributed by atoms with Gasteiger partial charge in [0.1, 0.15) is 11.5 Å². The molecule has 1 aliphatic rings. The molecule has 0 aliphatic carbocycles. The largest absolute Gasteiger partial charge is 0.465 e. The van der Waals surface area contributed by atoms with Gasteiger partial charge >= 0.3 is 0 Å². The topological polar surface area (TPSA) is 45.6 Å². The van der Waals surface area contributed by atoms with E-state index in [1.54, 1.807) is 0 Å². The molecule has 4 heteroatoms. The molecule has 2 atom stereocenters. The van der Waals surface area contributed by atoms with Crippen LogP contribution in [0.4, 0.5) is 0 Å². The van der Waals surface area contributed by atoms with E-state index in [1.807, 2.05) is 13.0 Å². The molecule has 0 radical (unpaired) electrons. The predicted molar refractivity (Wildman–Crippen MR) is 78.1 cm³/mol. The van der Waals surface area contributed by atoms with Crippen molar-refractivity contribution in [3.63, 3.8) is 0 Å². The average molecular weight is 265 g/mol. The lowest BCUT2D eigenvalue weighted by Crippen LogP contribution is -2.51. The second-order valence-corrected chi connectivity index (χ2v) is 5.44. The van der Waals surface area contributed by atoms with Crippen molar-refractivity contribution in [2.24, 2.45) is 5.73 Å². The number of piperazine rings is 1. The molecule has 2 rings (SSSR count). The van der Waals surface area contributed by atoms with Gasteiger partial charge in [0.2, 0.25) is 0 Å². The quantitative estimate of drug-likeness (QED) is 0.884. The summed E-state index contributed by atoms with van der Waals surface area (Å²) >= 11 is 0. The highest BCUT2D eigenvalue weighted by atomic mass is 16.3. The molecule has 1 aromatic rings. The van der Waals surface area contributed by atoms with E-state index in [4.69, 9.17) is 10.2 Å². The van der Waals surface area contributed by atoms with Gasteiger partial charge in [-0.05, 0) is 32.0 Å². The third-order valence-corrected chi connectivity index (χ3v) is 4.18. The lowest BCUT2D eigenvalue weighted by atomic mass is 10.0.